The maximum Gasteiger partial charge on any atom is 0.0773 e. The molecule has 1 N–H and O–H groups in total. The van der Waals surface area contributed by atoms with E-state index in [2.05, 4.69) is 13.8 Å². The molecular weight excluding hydrogens is 244 g/mol. The molecule has 0 bridgehead atoms. The molecular formula is C15H22O2S. The van der Waals surface area contributed by atoms with Crippen molar-refractivity contribution in [3.8, 4) is 0 Å². The van der Waals surface area contributed by atoms with Crippen molar-refractivity contribution in [2.45, 2.75) is 44.1 Å². The Morgan fingerprint density at radius 1 is 1.28 bits per heavy atom. The third kappa shape index (κ3) is 4.75. The molecule has 0 spiro atoms. The van der Waals surface area contributed by atoms with Gasteiger partial charge in [0.1, 0.15) is 0 Å². The van der Waals surface area contributed by atoms with Gasteiger partial charge in [-0.3, -0.25) is 0 Å². The number of hydrogen-bond acceptors (Lipinski definition) is 2. The van der Waals surface area contributed by atoms with Crippen LogP contribution in [0.15, 0.2) is 46.7 Å². The van der Waals surface area contributed by atoms with Gasteiger partial charge in [0.05, 0.1) is 16.9 Å². The molecule has 3 unspecified atom stereocenters. The van der Waals surface area contributed by atoms with Crippen molar-refractivity contribution in [2.24, 2.45) is 5.92 Å². The van der Waals surface area contributed by atoms with Gasteiger partial charge in [0.25, 0.3) is 0 Å². The molecule has 0 aliphatic carbocycles. The first-order chi connectivity index (χ1) is 8.69. The summed E-state index contributed by atoms with van der Waals surface area (Å²) in [6.45, 7) is 4.19. The Bertz CT molecular complexity index is 387. The van der Waals surface area contributed by atoms with E-state index in [0.717, 1.165) is 24.2 Å². The fraction of sp³-hybridized carbons (Fsp3) is 0.467. The zero-order chi connectivity index (χ0) is 13.4. The number of rotatable bonds is 7. The molecule has 1 aromatic rings. The van der Waals surface area contributed by atoms with E-state index in [0.29, 0.717) is 0 Å². The van der Waals surface area contributed by atoms with E-state index >= 15 is 0 Å². The van der Waals surface area contributed by atoms with Gasteiger partial charge < -0.3 is 5.11 Å². The Labute approximate surface area is 112 Å². The number of benzene rings is 1. The average Bonchev–Trinajstić information content (AvgIpc) is 2.42. The topological polar surface area (TPSA) is 37.3 Å². The molecule has 0 fully saturated rings. The zero-order valence-corrected chi connectivity index (χ0v) is 11.9. The molecule has 0 heterocycles. The monoisotopic (exact) mass is 266 g/mol. The molecule has 0 aliphatic heterocycles. The number of aliphatic hydroxyl groups excluding tert-OH is 1. The summed E-state index contributed by atoms with van der Waals surface area (Å²) in [5.41, 5.74) is 0. The van der Waals surface area contributed by atoms with Gasteiger partial charge >= 0.3 is 0 Å². The van der Waals surface area contributed by atoms with Gasteiger partial charge in [-0.05, 0) is 30.5 Å². The smallest absolute Gasteiger partial charge is 0.0773 e. The van der Waals surface area contributed by atoms with Crippen molar-refractivity contribution in [1.82, 2.24) is 0 Å². The largest absolute Gasteiger partial charge is 0.389 e. The molecule has 18 heavy (non-hydrogen) atoms. The molecule has 1 aromatic carbocycles. The molecule has 2 nitrogen and oxygen atoms in total. The van der Waals surface area contributed by atoms with Crippen molar-refractivity contribution >= 4 is 10.8 Å². The Kier molecular flexibility index (Phi) is 6.91. The fourth-order valence-corrected chi connectivity index (χ4v) is 2.82. The van der Waals surface area contributed by atoms with E-state index < -0.39 is 16.9 Å². The van der Waals surface area contributed by atoms with E-state index in [-0.39, 0.29) is 5.92 Å². The van der Waals surface area contributed by atoms with Crippen molar-refractivity contribution in [3.05, 3.63) is 41.8 Å². The molecule has 3 heteroatoms. The van der Waals surface area contributed by atoms with Gasteiger partial charge in [0.2, 0.25) is 0 Å². The van der Waals surface area contributed by atoms with Crippen LogP contribution >= 0.6 is 0 Å². The second-order valence-corrected chi connectivity index (χ2v) is 5.72. The highest BCUT2D eigenvalue weighted by Crippen LogP contribution is 2.17. The summed E-state index contributed by atoms with van der Waals surface area (Å²) in [6.07, 6.45) is 4.18. The lowest BCUT2D eigenvalue weighted by atomic mass is 9.94. The lowest BCUT2D eigenvalue weighted by Crippen LogP contribution is -2.17. The zero-order valence-electron chi connectivity index (χ0n) is 11.1. The van der Waals surface area contributed by atoms with Crippen LogP contribution in [0.2, 0.25) is 0 Å². The predicted octanol–water partition coefficient (Wildman–Crippen LogP) is 3.50. The van der Waals surface area contributed by atoms with E-state index in [1.54, 1.807) is 11.5 Å². The molecule has 100 valence electrons. The van der Waals surface area contributed by atoms with Crippen LogP contribution < -0.4 is 0 Å². The minimum Gasteiger partial charge on any atom is -0.389 e. The van der Waals surface area contributed by atoms with Crippen LogP contribution in [0.1, 0.15) is 33.1 Å². The Hall–Kier alpha value is -0.930. The fourth-order valence-electron chi connectivity index (χ4n) is 1.93. The lowest BCUT2D eigenvalue weighted by Gasteiger charge is -2.17. The van der Waals surface area contributed by atoms with Gasteiger partial charge in [0.15, 0.2) is 0 Å². The summed E-state index contributed by atoms with van der Waals surface area (Å²) in [6, 6.07) is 9.28. The second kappa shape index (κ2) is 8.22. The molecule has 0 saturated carbocycles. The first-order valence-electron chi connectivity index (χ1n) is 6.51. The van der Waals surface area contributed by atoms with Crippen LogP contribution in [0.3, 0.4) is 0 Å². The van der Waals surface area contributed by atoms with Gasteiger partial charge in [-0.25, -0.2) is 4.21 Å². The Morgan fingerprint density at radius 3 is 2.50 bits per heavy atom. The highest BCUT2D eigenvalue weighted by atomic mass is 32.2. The van der Waals surface area contributed by atoms with Gasteiger partial charge in [0, 0.05) is 10.3 Å². The van der Waals surface area contributed by atoms with Crippen LogP contribution in [0.4, 0.5) is 0 Å². The molecule has 0 aliphatic rings. The minimum atomic E-state index is -1.17. The maximum absolute atomic E-state index is 11.9. The molecule has 0 aromatic heterocycles. The van der Waals surface area contributed by atoms with E-state index in [1.165, 1.54) is 0 Å². The van der Waals surface area contributed by atoms with Crippen molar-refractivity contribution in [2.75, 3.05) is 0 Å². The van der Waals surface area contributed by atoms with Crippen molar-refractivity contribution in [3.63, 3.8) is 0 Å². The van der Waals surface area contributed by atoms with E-state index in [9.17, 15) is 9.32 Å². The number of hydrogen-bond donors (Lipinski definition) is 1. The Balaban J connectivity index is 2.60. The Morgan fingerprint density at radius 2 is 1.94 bits per heavy atom. The summed E-state index contributed by atoms with van der Waals surface area (Å²) >= 11 is 0. The standard InChI is InChI=1S/C15H22O2S/c1-3-8-13(4-2)15(16)11-12-18(17)14-9-6-5-7-10-14/h5-7,9-13,15-16H,3-4,8H2,1-2H3/b12-11-. The third-order valence-electron chi connectivity index (χ3n) is 3.04. The van der Waals surface area contributed by atoms with Crippen LogP contribution in [0.5, 0.6) is 0 Å². The molecule has 0 amide bonds. The predicted molar refractivity (Wildman–Crippen MR) is 76.7 cm³/mol. The van der Waals surface area contributed by atoms with Gasteiger partial charge in [-0.2, -0.15) is 0 Å². The molecule has 1 rings (SSSR count). The lowest BCUT2D eigenvalue weighted by molar-refractivity contribution is 0.143. The summed E-state index contributed by atoms with van der Waals surface area (Å²) in [4.78, 5) is 0.768. The maximum atomic E-state index is 11.9. The van der Waals surface area contributed by atoms with E-state index in [4.69, 9.17) is 0 Å². The van der Waals surface area contributed by atoms with Gasteiger partial charge in [-0.15, -0.1) is 0 Å². The normalized spacial score (nSPS) is 16.6. The first-order valence-corrected chi connectivity index (χ1v) is 7.72. The van der Waals surface area contributed by atoms with E-state index in [1.807, 2.05) is 30.3 Å². The molecule has 3 atom stereocenters. The van der Waals surface area contributed by atoms with Crippen molar-refractivity contribution in [1.29, 1.82) is 0 Å². The third-order valence-corrected chi connectivity index (χ3v) is 4.18. The number of aliphatic hydroxyl groups is 1. The second-order valence-electron chi connectivity index (χ2n) is 4.39. The van der Waals surface area contributed by atoms with Crippen LogP contribution in [0, 0.1) is 5.92 Å². The van der Waals surface area contributed by atoms with Gasteiger partial charge in [-0.1, -0.05) is 44.9 Å². The summed E-state index contributed by atoms with van der Waals surface area (Å²) in [5, 5.41) is 11.6. The van der Waals surface area contributed by atoms with Crippen molar-refractivity contribution < 1.29 is 9.32 Å². The quantitative estimate of drug-likeness (QED) is 0.820. The molecule has 0 radical (unpaired) electrons. The van der Waals surface area contributed by atoms with Crippen LogP contribution in [0.25, 0.3) is 0 Å². The van der Waals surface area contributed by atoms with Crippen LogP contribution in [-0.2, 0) is 10.8 Å². The van der Waals surface area contributed by atoms with Crippen LogP contribution in [-0.4, -0.2) is 15.4 Å². The minimum absolute atomic E-state index is 0.263. The first kappa shape index (κ1) is 15.1. The summed E-state index contributed by atoms with van der Waals surface area (Å²) < 4.78 is 11.9. The SMILES string of the molecule is CCCC(CC)C(O)/C=C\S(=O)c1ccccc1. The molecule has 0 saturated heterocycles. The average molecular weight is 266 g/mol. The highest BCUT2D eigenvalue weighted by molar-refractivity contribution is 7.88. The summed E-state index contributed by atoms with van der Waals surface area (Å²) in [5.74, 6) is 0.263. The summed E-state index contributed by atoms with van der Waals surface area (Å²) in [7, 11) is -1.17. The highest BCUT2D eigenvalue weighted by Gasteiger charge is 2.13.